The van der Waals surface area contributed by atoms with Crippen molar-refractivity contribution in [2.75, 3.05) is 13.7 Å². The number of benzene rings is 1. The van der Waals surface area contributed by atoms with E-state index in [1.165, 1.54) is 6.08 Å². The van der Waals surface area contributed by atoms with Gasteiger partial charge in [0.25, 0.3) is 0 Å². The van der Waals surface area contributed by atoms with Gasteiger partial charge in [0, 0.05) is 18.7 Å². The van der Waals surface area contributed by atoms with Crippen LogP contribution >= 0.6 is 0 Å². The Morgan fingerprint density at radius 1 is 1.37 bits per heavy atom. The van der Waals surface area contributed by atoms with E-state index < -0.39 is 0 Å². The van der Waals surface area contributed by atoms with E-state index in [1.54, 1.807) is 13.2 Å². The predicted molar refractivity (Wildman–Crippen MR) is 77.9 cm³/mol. The first-order valence-corrected chi connectivity index (χ1v) is 6.38. The third kappa shape index (κ3) is 5.57. The van der Waals surface area contributed by atoms with E-state index in [4.69, 9.17) is 10.5 Å². The summed E-state index contributed by atoms with van der Waals surface area (Å²) in [5, 5.41) is 2.78. The number of methoxy groups -OCH3 is 1. The average molecular weight is 262 g/mol. The molecule has 104 valence electrons. The van der Waals surface area contributed by atoms with Crippen molar-refractivity contribution in [2.45, 2.75) is 19.9 Å². The van der Waals surface area contributed by atoms with E-state index in [0.717, 1.165) is 11.3 Å². The normalized spacial score (nSPS) is 12.7. The molecule has 0 aliphatic carbocycles. The molecule has 0 fully saturated rings. The summed E-state index contributed by atoms with van der Waals surface area (Å²) >= 11 is 0. The molecule has 1 amide bonds. The second-order valence-corrected chi connectivity index (χ2v) is 4.76. The lowest BCUT2D eigenvalue weighted by Crippen LogP contribution is -2.39. The Morgan fingerprint density at radius 2 is 2.00 bits per heavy atom. The second kappa shape index (κ2) is 7.59. The maximum Gasteiger partial charge on any atom is 0.244 e. The molecular formula is C15H22N2O2. The van der Waals surface area contributed by atoms with Crippen LogP contribution in [-0.2, 0) is 4.79 Å². The van der Waals surface area contributed by atoms with Crippen LogP contribution in [0.25, 0.3) is 6.08 Å². The number of ether oxygens (including phenoxy) is 1. The fourth-order valence-electron chi connectivity index (χ4n) is 1.40. The number of rotatable bonds is 6. The van der Waals surface area contributed by atoms with Crippen molar-refractivity contribution in [1.82, 2.24) is 5.32 Å². The summed E-state index contributed by atoms with van der Waals surface area (Å²) in [7, 11) is 1.62. The van der Waals surface area contributed by atoms with Crippen LogP contribution < -0.4 is 15.8 Å². The quantitative estimate of drug-likeness (QED) is 0.768. The van der Waals surface area contributed by atoms with Crippen LogP contribution in [0.4, 0.5) is 0 Å². The zero-order valence-electron chi connectivity index (χ0n) is 11.7. The summed E-state index contributed by atoms with van der Waals surface area (Å²) in [6, 6.07) is 7.47. The monoisotopic (exact) mass is 262 g/mol. The zero-order chi connectivity index (χ0) is 14.3. The minimum Gasteiger partial charge on any atom is -0.497 e. The largest absolute Gasteiger partial charge is 0.497 e. The molecule has 0 heterocycles. The highest BCUT2D eigenvalue weighted by molar-refractivity contribution is 5.91. The van der Waals surface area contributed by atoms with Crippen molar-refractivity contribution in [1.29, 1.82) is 0 Å². The fraction of sp³-hybridized carbons (Fsp3) is 0.400. The van der Waals surface area contributed by atoms with Gasteiger partial charge in [-0.2, -0.15) is 0 Å². The van der Waals surface area contributed by atoms with Crippen LogP contribution in [0.15, 0.2) is 30.3 Å². The number of nitrogens with two attached hydrogens (primary N) is 1. The Hall–Kier alpha value is -1.81. The number of amides is 1. The van der Waals surface area contributed by atoms with E-state index >= 15 is 0 Å². The molecule has 0 aliphatic rings. The van der Waals surface area contributed by atoms with Gasteiger partial charge in [-0.1, -0.05) is 26.0 Å². The van der Waals surface area contributed by atoms with Gasteiger partial charge in [0.05, 0.1) is 7.11 Å². The molecular weight excluding hydrogens is 240 g/mol. The number of hydrogen-bond donors (Lipinski definition) is 2. The summed E-state index contributed by atoms with van der Waals surface area (Å²) in [4.78, 5) is 11.6. The molecule has 1 aromatic rings. The van der Waals surface area contributed by atoms with Gasteiger partial charge < -0.3 is 15.8 Å². The Balaban J connectivity index is 2.44. The van der Waals surface area contributed by atoms with E-state index in [2.05, 4.69) is 5.32 Å². The molecule has 1 atom stereocenters. The molecule has 1 unspecified atom stereocenters. The van der Waals surface area contributed by atoms with E-state index in [9.17, 15) is 4.79 Å². The van der Waals surface area contributed by atoms with Crippen molar-refractivity contribution in [3.8, 4) is 5.75 Å². The Kier molecular flexibility index (Phi) is 6.09. The minimum absolute atomic E-state index is 0.0154. The highest BCUT2D eigenvalue weighted by Crippen LogP contribution is 2.12. The molecule has 0 spiro atoms. The van der Waals surface area contributed by atoms with E-state index in [-0.39, 0.29) is 11.9 Å². The van der Waals surface area contributed by atoms with Crippen LogP contribution in [0.1, 0.15) is 19.4 Å². The summed E-state index contributed by atoms with van der Waals surface area (Å²) < 4.78 is 5.06. The molecule has 19 heavy (non-hydrogen) atoms. The summed E-state index contributed by atoms with van der Waals surface area (Å²) in [6.45, 7) is 4.55. The second-order valence-electron chi connectivity index (χ2n) is 4.76. The number of nitrogens with one attached hydrogen (secondary N) is 1. The van der Waals surface area contributed by atoms with E-state index in [1.807, 2.05) is 38.1 Å². The van der Waals surface area contributed by atoms with Crippen molar-refractivity contribution in [2.24, 2.45) is 11.7 Å². The lowest BCUT2D eigenvalue weighted by atomic mass is 10.1. The van der Waals surface area contributed by atoms with Crippen LogP contribution in [0, 0.1) is 5.92 Å². The first-order valence-electron chi connectivity index (χ1n) is 6.38. The van der Waals surface area contributed by atoms with Crippen molar-refractivity contribution >= 4 is 12.0 Å². The van der Waals surface area contributed by atoms with Gasteiger partial charge in [-0.25, -0.2) is 0 Å². The van der Waals surface area contributed by atoms with Crippen LogP contribution in [-0.4, -0.2) is 25.6 Å². The first kappa shape index (κ1) is 15.2. The topological polar surface area (TPSA) is 64.3 Å². The first-order chi connectivity index (χ1) is 9.02. The van der Waals surface area contributed by atoms with Crippen LogP contribution in [0.5, 0.6) is 5.75 Å². The number of carbonyl (C=O) groups is 1. The van der Waals surface area contributed by atoms with Crippen molar-refractivity contribution in [3.63, 3.8) is 0 Å². The average Bonchev–Trinajstić information content (AvgIpc) is 2.42. The van der Waals surface area contributed by atoms with Crippen molar-refractivity contribution < 1.29 is 9.53 Å². The smallest absolute Gasteiger partial charge is 0.244 e. The molecule has 0 radical (unpaired) electrons. The predicted octanol–water partition coefficient (Wildman–Crippen LogP) is 1.81. The maximum atomic E-state index is 11.6. The third-order valence-electron chi connectivity index (χ3n) is 2.91. The van der Waals surface area contributed by atoms with Gasteiger partial charge in [0.2, 0.25) is 5.91 Å². The molecule has 0 saturated carbocycles. The Labute approximate surface area is 114 Å². The standard InChI is InChI=1S/C15H22N2O2/c1-11(2)14(16)10-17-15(18)9-6-12-4-7-13(19-3)8-5-12/h4-9,11,14H,10,16H2,1-3H3,(H,17,18). The highest BCUT2D eigenvalue weighted by atomic mass is 16.5. The Morgan fingerprint density at radius 3 is 2.53 bits per heavy atom. The lowest BCUT2D eigenvalue weighted by Gasteiger charge is -2.15. The minimum atomic E-state index is -0.132. The van der Waals surface area contributed by atoms with Gasteiger partial charge in [0.15, 0.2) is 0 Å². The molecule has 0 bridgehead atoms. The Bertz CT molecular complexity index is 424. The van der Waals surface area contributed by atoms with Gasteiger partial charge in [-0.3, -0.25) is 4.79 Å². The molecule has 4 heteroatoms. The zero-order valence-corrected chi connectivity index (χ0v) is 11.7. The molecule has 3 N–H and O–H groups in total. The molecule has 0 saturated heterocycles. The van der Waals surface area contributed by atoms with Gasteiger partial charge in [-0.15, -0.1) is 0 Å². The maximum absolute atomic E-state index is 11.6. The third-order valence-corrected chi connectivity index (χ3v) is 2.91. The SMILES string of the molecule is COc1ccc(C=CC(=O)NCC(N)C(C)C)cc1. The van der Waals surface area contributed by atoms with E-state index in [0.29, 0.717) is 12.5 Å². The molecule has 1 aromatic carbocycles. The molecule has 1 rings (SSSR count). The van der Waals surface area contributed by atoms with Gasteiger partial charge in [0.1, 0.15) is 5.75 Å². The fourth-order valence-corrected chi connectivity index (χ4v) is 1.40. The highest BCUT2D eigenvalue weighted by Gasteiger charge is 2.07. The molecule has 4 nitrogen and oxygen atoms in total. The molecule has 0 aromatic heterocycles. The van der Waals surface area contributed by atoms with Gasteiger partial charge >= 0.3 is 0 Å². The van der Waals surface area contributed by atoms with Crippen molar-refractivity contribution in [3.05, 3.63) is 35.9 Å². The van der Waals surface area contributed by atoms with Gasteiger partial charge in [-0.05, 0) is 29.7 Å². The van der Waals surface area contributed by atoms with Crippen LogP contribution in [0.2, 0.25) is 0 Å². The summed E-state index contributed by atoms with van der Waals surface area (Å²) in [5.74, 6) is 1.02. The summed E-state index contributed by atoms with van der Waals surface area (Å²) in [6.07, 6.45) is 3.27. The molecule has 0 aliphatic heterocycles. The number of carbonyl (C=O) groups excluding carboxylic acids is 1. The van der Waals surface area contributed by atoms with Crippen LogP contribution in [0.3, 0.4) is 0 Å². The number of hydrogen-bond acceptors (Lipinski definition) is 3. The lowest BCUT2D eigenvalue weighted by molar-refractivity contribution is -0.116. The summed E-state index contributed by atoms with van der Waals surface area (Å²) in [5.41, 5.74) is 6.80.